The van der Waals surface area contributed by atoms with Crippen LogP contribution in [0, 0.1) is 13.8 Å². The summed E-state index contributed by atoms with van der Waals surface area (Å²) in [6.45, 7) is 6.92. The van der Waals surface area contributed by atoms with Crippen LogP contribution < -0.4 is 14.4 Å². The first kappa shape index (κ1) is 30.0. The van der Waals surface area contributed by atoms with Gasteiger partial charge in [-0.1, -0.05) is 47.5 Å². The molecular formula is C29H34ClN3O5S. The molecular weight excluding hydrogens is 538 g/mol. The lowest BCUT2D eigenvalue weighted by Gasteiger charge is -2.32. The second-order valence-corrected chi connectivity index (χ2v) is 11.4. The number of amides is 2. The zero-order chi connectivity index (χ0) is 28.7. The molecule has 208 valence electrons. The number of sulfonamides is 1. The van der Waals surface area contributed by atoms with E-state index in [1.807, 2.05) is 6.92 Å². The van der Waals surface area contributed by atoms with Crippen LogP contribution in [0.1, 0.15) is 30.5 Å². The molecule has 3 rings (SSSR count). The normalized spacial score (nSPS) is 11.9. The molecule has 0 bridgehead atoms. The number of methoxy groups -OCH3 is 1. The Kier molecular flexibility index (Phi) is 9.99. The molecule has 1 N–H and O–H groups in total. The highest BCUT2D eigenvalue weighted by Crippen LogP contribution is 2.31. The zero-order valence-corrected chi connectivity index (χ0v) is 24.3. The fourth-order valence-corrected chi connectivity index (χ4v) is 5.69. The fraction of sp³-hybridized carbons (Fsp3) is 0.310. The van der Waals surface area contributed by atoms with Crippen LogP contribution in [0.3, 0.4) is 0 Å². The number of ether oxygens (including phenoxy) is 1. The van der Waals surface area contributed by atoms with E-state index < -0.39 is 28.5 Å². The predicted octanol–water partition coefficient (Wildman–Crippen LogP) is 4.71. The van der Waals surface area contributed by atoms with Crippen LogP contribution in [-0.2, 0) is 26.2 Å². The molecule has 0 heterocycles. The minimum absolute atomic E-state index is 0.0405. The molecule has 0 aliphatic rings. The largest absolute Gasteiger partial charge is 0.497 e. The Morgan fingerprint density at radius 3 is 2.23 bits per heavy atom. The van der Waals surface area contributed by atoms with Crippen LogP contribution in [0.15, 0.2) is 71.6 Å². The average Bonchev–Trinajstić information content (AvgIpc) is 2.92. The lowest BCUT2D eigenvalue weighted by atomic mass is 10.1. The van der Waals surface area contributed by atoms with Gasteiger partial charge in [0.15, 0.2) is 0 Å². The van der Waals surface area contributed by atoms with Gasteiger partial charge in [0.2, 0.25) is 11.8 Å². The van der Waals surface area contributed by atoms with Crippen molar-refractivity contribution in [2.75, 3.05) is 24.5 Å². The van der Waals surface area contributed by atoms with Crippen molar-refractivity contribution in [3.63, 3.8) is 0 Å². The average molecular weight is 572 g/mol. The van der Waals surface area contributed by atoms with E-state index in [-0.39, 0.29) is 23.0 Å². The number of nitrogens with zero attached hydrogens (tertiary/aromatic N) is 2. The van der Waals surface area contributed by atoms with Crippen molar-refractivity contribution in [1.82, 2.24) is 10.2 Å². The number of aryl methyl sites for hydroxylation is 1. The topological polar surface area (TPSA) is 96.0 Å². The Balaban J connectivity index is 2.06. The maximum atomic E-state index is 13.9. The van der Waals surface area contributed by atoms with E-state index in [2.05, 4.69) is 5.32 Å². The van der Waals surface area contributed by atoms with Gasteiger partial charge in [-0.3, -0.25) is 13.9 Å². The Labute approximate surface area is 235 Å². The van der Waals surface area contributed by atoms with Crippen molar-refractivity contribution in [3.8, 4) is 5.75 Å². The Morgan fingerprint density at radius 1 is 1.00 bits per heavy atom. The molecule has 3 aromatic rings. The van der Waals surface area contributed by atoms with E-state index in [1.54, 1.807) is 82.5 Å². The van der Waals surface area contributed by atoms with Gasteiger partial charge in [0, 0.05) is 18.1 Å². The molecule has 0 spiro atoms. The van der Waals surface area contributed by atoms with Gasteiger partial charge in [0.05, 0.1) is 17.7 Å². The number of anilines is 1. The number of carbonyl (C=O) groups is 2. The second-order valence-electron chi connectivity index (χ2n) is 9.15. The molecule has 39 heavy (non-hydrogen) atoms. The molecule has 0 saturated carbocycles. The molecule has 0 saturated heterocycles. The van der Waals surface area contributed by atoms with Gasteiger partial charge in [-0.25, -0.2) is 8.42 Å². The number of hydrogen-bond acceptors (Lipinski definition) is 5. The van der Waals surface area contributed by atoms with Gasteiger partial charge < -0.3 is 15.0 Å². The van der Waals surface area contributed by atoms with Crippen molar-refractivity contribution < 1.29 is 22.7 Å². The second kappa shape index (κ2) is 13.0. The van der Waals surface area contributed by atoms with Crippen LogP contribution in [0.25, 0.3) is 0 Å². The first-order valence-corrected chi connectivity index (χ1v) is 14.4. The lowest BCUT2D eigenvalue weighted by molar-refractivity contribution is -0.139. The van der Waals surface area contributed by atoms with Crippen molar-refractivity contribution in [2.45, 2.75) is 45.2 Å². The molecule has 1 atom stereocenters. The molecule has 3 aromatic carbocycles. The number of hydrogen-bond donors (Lipinski definition) is 1. The van der Waals surface area contributed by atoms with E-state index >= 15 is 0 Å². The quantitative estimate of drug-likeness (QED) is 0.359. The minimum Gasteiger partial charge on any atom is -0.497 e. The van der Waals surface area contributed by atoms with Gasteiger partial charge in [0.25, 0.3) is 10.0 Å². The number of halogens is 1. The van der Waals surface area contributed by atoms with Gasteiger partial charge in [-0.05, 0) is 75.2 Å². The Morgan fingerprint density at radius 2 is 1.64 bits per heavy atom. The summed E-state index contributed by atoms with van der Waals surface area (Å²) in [5, 5.41) is 3.12. The van der Waals surface area contributed by atoms with Crippen LogP contribution in [-0.4, -0.2) is 51.4 Å². The molecule has 2 amide bonds. The summed E-state index contributed by atoms with van der Waals surface area (Å²) in [6, 6.07) is 17.6. The molecule has 8 nitrogen and oxygen atoms in total. The predicted molar refractivity (Wildman–Crippen MR) is 154 cm³/mol. The van der Waals surface area contributed by atoms with E-state index in [1.165, 1.54) is 17.0 Å². The molecule has 0 aromatic heterocycles. The molecule has 10 heteroatoms. The minimum atomic E-state index is -4.17. The van der Waals surface area contributed by atoms with Gasteiger partial charge in [-0.15, -0.1) is 0 Å². The third-order valence-electron chi connectivity index (χ3n) is 6.43. The summed E-state index contributed by atoms with van der Waals surface area (Å²) in [5.74, 6) is -0.230. The number of benzene rings is 3. The summed E-state index contributed by atoms with van der Waals surface area (Å²) in [5.41, 5.74) is 2.46. The number of likely N-dealkylation sites (N-methyl/N-ethyl adjacent to an activating group) is 1. The van der Waals surface area contributed by atoms with E-state index in [4.69, 9.17) is 16.3 Å². The smallest absolute Gasteiger partial charge is 0.264 e. The SMILES string of the molecule is CCNC(=O)[C@@H](C)N(Cc1ccc(OC)cc1)C(=O)CN(c1cccc(Cl)c1C)S(=O)(=O)c1ccc(C)cc1. The Hall–Kier alpha value is -3.56. The number of carbonyl (C=O) groups excluding carboxylic acids is 2. The lowest BCUT2D eigenvalue weighted by Crippen LogP contribution is -2.51. The molecule has 0 fully saturated rings. The monoisotopic (exact) mass is 571 g/mol. The summed E-state index contributed by atoms with van der Waals surface area (Å²) >= 11 is 6.35. The van der Waals surface area contributed by atoms with Crippen molar-refractivity contribution in [3.05, 3.63) is 88.4 Å². The maximum absolute atomic E-state index is 13.9. The van der Waals surface area contributed by atoms with E-state index in [0.29, 0.717) is 22.9 Å². The van der Waals surface area contributed by atoms with Crippen molar-refractivity contribution in [2.24, 2.45) is 0 Å². The third-order valence-corrected chi connectivity index (χ3v) is 8.61. The van der Waals surface area contributed by atoms with Gasteiger partial charge in [0.1, 0.15) is 18.3 Å². The summed E-state index contributed by atoms with van der Waals surface area (Å²) in [7, 11) is -2.61. The summed E-state index contributed by atoms with van der Waals surface area (Å²) in [6.07, 6.45) is 0. The van der Waals surface area contributed by atoms with Crippen LogP contribution >= 0.6 is 11.6 Å². The highest BCUT2D eigenvalue weighted by Gasteiger charge is 2.33. The molecule has 0 aliphatic carbocycles. The van der Waals surface area contributed by atoms with Crippen LogP contribution in [0.2, 0.25) is 5.02 Å². The maximum Gasteiger partial charge on any atom is 0.264 e. The summed E-state index contributed by atoms with van der Waals surface area (Å²) < 4.78 is 34.1. The third kappa shape index (κ3) is 7.10. The van der Waals surface area contributed by atoms with Crippen LogP contribution in [0.5, 0.6) is 5.75 Å². The van der Waals surface area contributed by atoms with Crippen LogP contribution in [0.4, 0.5) is 5.69 Å². The van der Waals surface area contributed by atoms with Gasteiger partial charge >= 0.3 is 0 Å². The first-order chi connectivity index (χ1) is 18.5. The Bertz CT molecular complexity index is 1410. The van der Waals surface area contributed by atoms with E-state index in [9.17, 15) is 18.0 Å². The zero-order valence-electron chi connectivity index (χ0n) is 22.8. The molecule has 0 unspecified atom stereocenters. The molecule has 0 aliphatic heterocycles. The van der Waals surface area contributed by atoms with E-state index in [0.717, 1.165) is 15.4 Å². The fourth-order valence-electron chi connectivity index (χ4n) is 4.05. The highest BCUT2D eigenvalue weighted by molar-refractivity contribution is 7.92. The van der Waals surface area contributed by atoms with Gasteiger partial charge in [-0.2, -0.15) is 0 Å². The molecule has 0 radical (unpaired) electrons. The summed E-state index contributed by atoms with van der Waals surface area (Å²) in [4.78, 5) is 28.1. The number of nitrogens with one attached hydrogen (secondary N) is 1. The highest BCUT2D eigenvalue weighted by atomic mass is 35.5. The van der Waals surface area contributed by atoms with Crippen molar-refractivity contribution in [1.29, 1.82) is 0 Å². The first-order valence-electron chi connectivity index (χ1n) is 12.5. The van der Waals surface area contributed by atoms with Crippen molar-refractivity contribution >= 4 is 39.1 Å². The number of rotatable bonds is 11. The standard InChI is InChI=1S/C29H34ClN3O5S/c1-6-31-29(35)22(4)32(18-23-12-14-24(38-5)15-13-23)28(34)19-33(27-9-7-8-26(30)21(27)3)39(36,37)25-16-10-20(2)11-17-25/h7-17,22H,6,18-19H2,1-5H3,(H,31,35)/t22-/m1/s1.